The van der Waals surface area contributed by atoms with Gasteiger partial charge < -0.3 is 9.84 Å². The van der Waals surface area contributed by atoms with Crippen molar-refractivity contribution >= 4 is 17.8 Å². The van der Waals surface area contributed by atoms with Gasteiger partial charge in [0.15, 0.2) is 0 Å². The van der Waals surface area contributed by atoms with Crippen molar-refractivity contribution in [2.75, 3.05) is 6.54 Å². The van der Waals surface area contributed by atoms with E-state index in [1.807, 2.05) is 60.7 Å². The summed E-state index contributed by atoms with van der Waals surface area (Å²) in [6.45, 7) is 4.62. The van der Waals surface area contributed by atoms with Gasteiger partial charge in [0.25, 0.3) is 11.8 Å². The monoisotopic (exact) mass is 536 g/mol. The van der Waals surface area contributed by atoms with E-state index in [1.165, 1.54) is 5.01 Å². The van der Waals surface area contributed by atoms with Crippen molar-refractivity contribution in [1.29, 1.82) is 0 Å². The number of rotatable bonds is 6. The second kappa shape index (κ2) is 8.59. The molecule has 0 spiro atoms. The predicted molar refractivity (Wildman–Crippen MR) is 147 cm³/mol. The Hall–Kier alpha value is -3.81. The molecule has 2 aliphatic carbocycles. The lowest BCUT2D eigenvalue weighted by Gasteiger charge is -2.53. The lowest BCUT2D eigenvalue weighted by molar-refractivity contribution is -0.185. The van der Waals surface area contributed by atoms with Crippen molar-refractivity contribution in [2.45, 2.75) is 50.9 Å². The highest BCUT2D eigenvalue weighted by Crippen LogP contribution is 2.73. The summed E-state index contributed by atoms with van der Waals surface area (Å²) in [6, 6.07) is 25.4. The molecule has 0 radical (unpaired) electrons. The van der Waals surface area contributed by atoms with Crippen molar-refractivity contribution in [3.05, 3.63) is 107 Å². The van der Waals surface area contributed by atoms with Crippen molar-refractivity contribution in [1.82, 2.24) is 10.0 Å². The molecule has 4 aliphatic rings. The van der Waals surface area contributed by atoms with E-state index < -0.39 is 40.9 Å². The molecule has 2 heterocycles. The largest absolute Gasteiger partial charge is 0.460 e. The van der Waals surface area contributed by atoms with Crippen LogP contribution in [0.3, 0.4) is 0 Å². The number of hydrazine groups is 1. The molecule has 7 nitrogen and oxygen atoms in total. The zero-order valence-electron chi connectivity index (χ0n) is 22.6. The Labute approximate surface area is 233 Å². The minimum Gasteiger partial charge on any atom is -0.460 e. The lowest BCUT2D eigenvalue weighted by Crippen LogP contribution is -2.57. The van der Waals surface area contributed by atoms with Crippen LogP contribution in [0.25, 0.3) is 0 Å². The van der Waals surface area contributed by atoms with Gasteiger partial charge in [0.2, 0.25) is 0 Å². The first-order valence-electron chi connectivity index (χ1n) is 14.0. The second-order valence-electron chi connectivity index (χ2n) is 12.1. The van der Waals surface area contributed by atoms with Gasteiger partial charge in [0, 0.05) is 12.0 Å². The van der Waals surface area contributed by atoms with E-state index >= 15 is 0 Å². The smallest absolute Gasteiger partial charge is 0.326 e. The van der Waals surface area contributed by atoms with Gasteiger partial charge in [-0.2, -0.15) is 5.01 Å². The Kier molecular flexibility index (Phi) is 5.41. The van der Waals surface area contributed by atoms with Crippen LogP contribution in [-0.4, -0.2) is 51.6 Å². The van der Waals surface area contributed by atoms with Gasteiger partial charge >= 0.3 is 5.97 Å². The van der Waals surface area contributed by atoms with Crippen LogP contribution in [0.15, 0.2) is 84.9 Å². The molecule has 3 aromatic rings. The normalized spacial score (nSPS) is 29.9. The summed E-state index contributed by atoms with van der Waals surface area (Å²) in [7, 11) is 0. The molecule has 40 heavy (non-hydrogen) atoms. The van der Waals surface area contributed by atoms with Crippen LogP contribution in [0, 0.1) is 16.7 Å². The number of hydrogen-bond donors (Lipinski definition) is 1. The van der Waals surface area contributed by atoms with E-state index in [-0.39, 0.29) is 17.9 Å². The minimum atomic E-state index is -1.40. The fourth-order valence-electron chi connectivity index (χ4n) is 8.14. The molecule has 2 aliphatic heterocycles. The zero-order valence-corrected chi connectivity index (χ0v) is 22.6. The average molecular weight is 537 g/mol. The Morgan fingerprint density at radius 3 is 1.93 bits per heavy atom. The molecule has 2 amide bonds. The summed E-state index contributed by atoms with van der Waals surface area (Å²) in [5.74, 6) is -1.03. The molecular weight excluding hydrogens is 504 g/mol. The number of ether oxygens (including phenoxy) is 1. The van der Waals surface area contributed by atoms with Crippen LogP contribution in [-0.2, 0) is 15.1 Å². The van der Waals surface area contributed by atoms with Gasteiger partial charge in [-0.15, -0.1) is 0 Å². The molecule has 0 aromatic heterocycles. The molecule has 2 saturated carbocycles. The Morgan fingerprint density at radius 1 is 0.875 bits per heavy atom. The van der Waals surface area contributed by atoms with Gasteiger partial charge in [-0.1, -0.05) is 86.6 Å². The van der Waals surface area contributed by atoms with E-state index in [0.29, 0.717) is 24.0 Å². The Bertz CT molecular complexity index is 1450. The number of benzene rings is 3. The third-order valence-corrected chi connectivity index (χ3v) is 10.3. The number of aliphatic hydroxyl groups is 1. The van der Waals surface area contributed by atoms with E-state index in [9.17, 15) is 19.5 Å². The molecule has 204 valence electrons. The lowest BCUT2D eigenvalue weighted by atomic mass is 9.54. The van der Waals surface area contributed by atoms with Crippen molar-refractivity contribution in [3.8, 4) is 0 Å². The highest BCUT2D eigenvalue weighted by molar-refractivity contribution is 6.21. The third-order valence-electron chi connectivity index (χ3n) is 10.3. The van der Waals surface area contributed by atoms with Crippen LogP contribution in [0.1, 0.15) is 65.0 Å². The molecular formula is C33H32N2O5. The second-order valence-corrected chi connectivity index (χ2v) is 12.1. The number of esters is 1. The van der Waals surface area contributed by atoms with Crippen molar-refractivity contribution in [3.63, 3.8) is 0 Å². The van der Waals surface area contributed by atoms with Crippen LogP contribution < -0.4 is 0 Å². The summed E-state index contributed by atoms with van der Waals surface area (Å²) in [5.41, 5.74) is -0.273. The Morgan fingerprint density at radius 2 is 1.40 bits per heavy atom. The molecule has 3 aromatic carbocycles. The molecule has 5 atom stereocenters. The molecule has 1 N–H and O–H groups in total. The van der Waals surface area contributed by atoms with Crippen LogP contribution >= 0.6 is 0 Å². The van der Waals surface area contributed by atoms with Gasteiger partial charge in [0.05, 0.1) is 11.1 Å². The summed E-state index contributed by atoms with van der Waals surface area (Å²) in [5, 5.41) is 15.6. The minimum absolute atomic E-state index is 0.235. The van der Waals surface area contributed by atoms with Crippen molar-refractivity contribution in [2.24, 2.45) is 16.7 Å². The quantitative estimate of drug-likeness (QED) is 0.283. The molecule has 3 fully saturated rings. The standard InChI is InChI=1S/C33H32N2O5/c1-31(2)23-17-18-32(31,33(39,21-11-5-3-6-12-21)22-13-7-4-8-14-22)27(19-23)40-30(38)26-20-34(26)35-28(36)24-15-9-10-16-25(24)29(35)37/h3-16,23,26-27,39H,17-20H2,1-2H3. The average Bonchev–Trinajstić information content (AvgIpc) is 3.61. The fourth-order valence-corrected chi connectivity index (χ4v) is 8.14. The third kappa shape index (κ3) is 3.16. The highest BCUT2D eigenvalue weighted by atomic mass is 16.6. The van der Waals surface area contributed by atoms with Crippen LogP contribution in [0.2, 0.25) is 0 Å². The van der Waals surface area contributed by atoms with Gasteiger partial charge in [0.1, 0.15) is 17.7 Å². The zero-order chi connectivity index (χ0) is 27.9. The van der Waals surface area contributed by atoms with E-state index in [0.717, 1.165) is 22.6 Å². The number of amides is 2. The summed E-state index contributed by atoms with van der Waals surface area (Å²) in [4.78, 5) is 39.6. The molecule has 7 heteroatoms. The topological polar surface area (TPSA) is 86.9 Å². The summed E-state index contributed by atoms with van der Waals surface area (Å²) < 4.78 is 6.34. The molecule has 5 unspecified atom stereocenters. The van der Waals surface area contributed by atoms with E-state index in [2.05, 4.69) is 13.8 Å². The first kappa shape index (κ1) is 25.2. The predicted octanol–water partition coefficient (Wildman–Crippen LogP) is 4.56. The van der Waals surface area contributed by atoms with E-state index in [1.54, 1.807) is 24.3 Å². The molecule has 7 rings (SSSR count). The number of carbonyl (C=O) groups is 3. The molecule has 2 bridgehead atoms. The number of hydrogen-bond acceptors (Lipinski definition) is 6. The first-order valence-corrected chi connectivity index (χ1v) is 14.0. The number of nitrogens with zero attached hydrogens (tertiary/aromatic N) is 2. The number of imide groups is 1. The first-order chi connectivity index (χ1) is 19.2. The maximum Gasteiger partial charge on any atom is 0.326 e. The number of carbonyl (C=O) groups excluding carboxylic acids is 3. The highest BCUT2D eigenvalue weighted by Gasteiger charge is 2.74. The maximum atomic E-state index is 13.6. The van der Waals surface area contributed by atoms with Gasteiger partial charge in [-0.25, -0.2) is 5.01 Å². The van der Waals surface area contributed by atoms with Crippen LogP contribution in [0.4, 0.5) is 0 Å². The maximum absolute atomic E-state index is 13.6. The summed E-state index contributed by atoms with van der Waals surface area (Å²) >= 11 is 0. The fraction of sp³-hybridized carbons (Fsp3) is 0.364. The van der Waals surface area contributed by atoms with E-state index in [4.69, 9.17) is 4.74 Å². The summed E-state index contributed by atoms with van der Waals surface area (Å²) in [6.07, 6.45) is 1.76. The number of fused-ring (bicyclic) bond motifs is 3. The van der Waals surface area contributed by atoms with Crippen molar-refractivity contribution < 1.29 is 24.2 Å². The Balaban J connectivity index is 1.22. The van der Waals surface area contributed by atoms with Crippen LogP contribution in [0.5, 0.6) is 0 Å². The molecule has 1 saturated heterocycles. The SMILES string of the molecule is CC1(C)C2CCC1(C(O)(c1ccccc1)c1ccccc1)C(OC(=O)C1CN1N1C(=O)c3ccccc3C1=O)C2. The van der Waals surface area contributed by atoms with Gasteiger partial charge in [-0.05, 0) is 53.9 Å². The van der Waals surface area contributed by atoms with Gasteiger partial charge in [-0.3, -0.25) is 14.4 Å².